The lowest BCUT2D eigenvalue weighted by molar-refractivity contribution is 0.371. The Balaban J connectivity index is 3.33. The van der Waals surface area contributed by atoms with Crippen molar-refractivity contribution in [3.63, 3.8) is 0 Å². The van der Waals surface area contributed by atoms with Crippen LogP contribution in [-0.2, 0) is 18.5 Å². The molecule has 2 N–H and O–H groups in total. The summed E-state index contributed by atoms with van der Waals surface area (Å²) in [6.07, 6.45) is 2.00. The molecule has 0 aliphatic rings. The van der Waals surface area contributed by atoms with Crippen molar-refractivity contribution in [2.45, 2.75) is 72.9 Å². The molecule has 1 aromatic rings. The molecule has 4 heteroatoms. The number of anilines is 1. The van der Waals surface area contributed by atoms with Gasteiger partial charge in [-0.25, -0.2) is 4.68 Å². The molecule has 0 saturated carbocycles. The number of nitrogens with two attached hydrogens (primary N) is 1. The molecule has 0 bridgehead atoms. The zero-order chi connectivity index (χ0) is 14.8. The molecule has 0 aliphatic heterocycles. The van der Waals surface area contributed by atoms with Crippen molar-refractivity contribution in [2.75, 3.05) is 5.73 Å². The number of hydrogen-bond donors (Lipinski definition) is 1. The van der Waals surface area contributed by atoms with Crippen molar-refractivity contribution in [1.29, 1.82) is 0 Å². The van der Waals surface area contributed by atoms with Gasteiger partial charge in [0.05, 0.1) is 5.69 Å². The SMILES string of the molecule is CCCn1c(C(C)(C)C)c(N)c(=O)n1CCC(C)C. The minimum absolute atomic E-state index is 0.0287. The van der Waals surface area contributed by atoms with Crippen LogP contribution < -0.4 is 11.3 Å². The first-order chi connectivity index (χ1) is 8.70. The summed E-state index contributed by atoms with van der Waals surface area (Å²) in [7, 11) is 0. The third-order valence-corrected chi connectivity index (χ3v) is 3.33. The fraction of sp³-hybridized carbons (Fsp3) is 0.800. The number of aromatic nitrogens is 2. The molecule has 0 saturated heterocycles. The zero-order valence-electron chi connectivity index (χ0n) is 13.3. The molecular weight excluding hydrogens is 238 g/mol. The summed E-state index contributed by atoms with van der Waals surface area (Å²) in [6, 6.07) is 0. The van der Waals surface area contributed by atoms with Crippen LogP contribution in [-0.4, -0.2) is 9.36 Å². The summed E-state index contributed by atoms with van der Waals surface area (Å²) in [5, 5.41) is 0. The van der Waals surface area contributed by atoms with E-state index in [9.17, 15) is 4.79 Å². The van der Waals surface area contributed by atoms with E-state index in [-0.39, 0.29) is 11.0 Å². The molecule has 110 valence electrons. The van der Waals surface area contributed by atoms with E-state index in [4.69, 9.17) is 5.73 Å². The Morgan fingerprint density at radius 3 is 2.16 bits per heavy atom. The van der Waals surface area contributed by atoms with Gasteiger partial charge >= 0.3 is 0 Å². The van der Waals surface area contributed by atoms with Crippen molar-refractivity contribution in [2.24, 2.45) is 5.92 Å². The largest absolute Gasteiger partial charge is 0.393 e. The third-order valence-electron chi connectivity index (χ3n) is 3.33. The van der Waals surface area contributed by atoms with Crippen molar-refractivity contribution < 1.29 is 0 Å². The van der Waals surface area contributed by atoms with Gasteiger partial charge in [0.1, 0.15) is 5.69 Å². The van der Waals surface area contributed by atoms with Crippen LogP contribution in [0.2, 0.25) is 0 Å². The van der Waals surface area contributed by atoms with Crippen LogP contribution in [0.1, 0.15) is 60.1 Å². The van der Waals surface area contributed by atoms with Crippen LogP contribution in [0.5, 0.6) is 0 Å². The molecule has 0 aliphatic carbocycles. The monoisotopic (exact) mass is 267 g/mol. The summed E-state index contributed by atoms with van der Waals surface area (Å²) < 4.78 is 3.93. The molecule has 0 spiro atoms. The van der Waals surface area contributed by atoms with Crippen molar-refractivity contribution in [3.05, 3.63) is 16.0 Å². The molecular formula is C15H29N3O. The normalized spacial score (nSPS) is 12.4. The maximum Gasteiger partial charge on any atom is 0.290 e. The number of nitrogens with zero attached hydrogens (tertiary/aromatic N) is 2. The van der Waals surface area contributed by atoms with Gasteiger partial charge in [0.15, 0.2) is 0 Å². The van der Waals surface area contributed by atoms with Crippen LogP contribution in [0.3, 0.4) is 0 Å². The van der Waals surface area contributed by atoms with Crippen LogP contribution in [0.4, 0.5) is 5.69 Å². The number of nitrogen functional groups attached to an aromatic ring is 1. The Hall–Kier alpha value is -1.19. The van der Waals surface area contributed by atoms with Gasteiger partial charge in [-0.1, -0.05) is 41.5 Å². The fourth-order valence-electron chi connectivity index (χ4n) is 2.45. The van der Waals surface area contributed by atoms with Gasteiger partial charge in [-0.15, -0.1) is 0 Å². The smallest absolute Gasteiger partial charge is 0.290 e. The minimum atomic E-state index is -0.110. The average molecular weight is 267 g/mol. The van der Waals surface area contributed by atoms with Crippen molar-refractivity contribution >= 4 is 5.69 Å². The lowest BCUT2D eigenvalue weighted by atomic mass is 9.91. The lowest BCUT2D eigenvalue weighted by Crippen LogP contribution is -2.26. The first kappa shape index (κ1) is 15.9. The van der Waals surface area contributed by atoms with E-state index in [1.807, 2.05) is 4.68 Å². The Kier molecular flexibility index (Phi) is 4.88. The Morgan fingerprint density at radius 1 is 1.16 bits per heavy atom. The molecule has 1 aromatic heterocycles. The molecule has 0 amide bonds. The second-order valence-electron chi connectivity index (χ2n) is 6.75. The number of rotatable bonds is 5. The third kappa shape index (κ3) is 3.43. The van der Waals surface area contributed by atoms with Crippen LogP contribution in [0, 0.1) is 5.92 Å². The minimum Gasteiger partial charge on any atom is -0.393 e. The average Bonchev–Trinajstić information content (AvgIpc) is 2.49. The van der Waals surface area contributed by atoms with E-state index in [1.165, 1.54) is 0 Å². The first-order valence-electron chi connectivity index (χ1n) is 7.29. The molecule has 19 heavy (non-hydrogen) atoms. The van der Waals surface area contributed by atoms with Crippen LogP contribution in [0.25, 0.3) is 0 Å². The maximum atomic E-state index is 12.4. The lowest BCUT2D eigenvalue weighted by Gasteiger charge is -2.23. The highest BCUT2D eigenvalue weighted by Crippen LogP contribution is 2.26. The Morgan fingerprint density at radius 2 is 1.74 bits per heavy atom. The number of hydrogen-bond acceptors (Lipinski definition) is 2. The Labute approximate surface area is 116 Å². The second-order valence-corrected chi connectivity index (χ2v) is 6.75. The van der Waals surface area contributed by atoms with Gasteiger partial charge in [0.25, 0.3) is 5.56 Å². The summed E-state index contributed by atoms with van der Waals surface area (Å²) in [6.45, 7) is 14.4. The molecule has 1 heterocycles. The molecule has 0 unspecified atom stereocenters. The van der Waals surface area contributed by atoms with Crippen molar-refractivity contribution in [3.8, 4) is 0 Å². The van der Waals surface area contributed by atoms with E-state index in [0.717, 1.165) is 31.6 Å². The fourth-order valence-corrected chi connectivity index (χ4v) is 2.45. The predicted molar refractivity (Wildman–Crippen MR) is 81.6 cm³/mol. The van der Waals surface area contributed by atoms with E-state index in [0.29, 0.717) is 11.6 Å². The van der Waals surface area contributed by atoms with Gasteiger partial charge in [-0.2, -0.15) is 0 Å². The summed E-state index contributed by atoms with van der Waals surface area (Å²) in [5.41, 5.74) is 7.33. The van der Waals surface area contributed by atoms with E-state index in [2.05, 4.69) is 46.2 Å². The van der Waals surface area contributed by atoms with Crippen LogP contribution >= 0.6 is 0 Å². The molecule has 0 fully saturated rings. The second kappa shape index (κ2) is 5.85. The van der Waals surface area contributed by atoms with Gasteiger partial charge in [0.2, 0.25) is 0 Å². The predicted octanol–water partition coefficient (Wildman–Crippen LogP) is 2.99. The van der Waals surface area contributed by atoms with E-state index < -0.39 is 0 Å². The quantitative estimate of drug-likeness (QED) is 0.891. The molecule has 4 nitrogen and oxygen atoms in total. The highest BCUT2D eigenvalue weighted by molar-refractivity contribution is 5.45. The highest BCUT2D eigenvalue weighted by Gasteiger charge is 2.26. The highest BCUT2D eigenvalue weighted by atomic mass is 16.1. The topological polar surface area (TPSA) is 52.9 Å². The van der Waals surface area contributed by atoms with E-state index in [1.54, 1.807) is 0 Å². The van der Waals surface area contributed by atoms with Gasteiger partial charge in [-0.3, -0.25) is 9.48 Å². The summed E-state index contributed by atoms with van der Waals surface area (Å²) in [5.74, 6) is 0.580. The maximum absolute atomic E-state index is 12.4. The van der Waals surface area contributed by atoms with Gasteiger partial charge in [0, 0.05) is 18.5 Å². The van der Waals surface area contributed by atoms with Gasteiger partial charge in [-0.05, 0) is 18.8 Å². The first-order valence-corrected chi connectivity index (χ1v) is 7.29. The van der Waals surface area contributed by atoms with E-state index >= 15 is 0 Å². The molecule has 0 aromatic carbocycles. The summed E-state index contributed by atoms with van der Waals surface area (Å²) >= 11 is 0. The molecule has 1 rings (SSSR count). The van der Waals surface area contributed by atoms with Crippen LogP contribution in [0.15, 0.2) is 4.79 Å². The molecule has 0 atom stereocenters. The summed E-state index contributed by atoms with van der Waals surface area (Å²) in [4.78, 5) is 12.4. The van der Waals surface area contributed by atoms with Crippen molar-refractivity contribution in [1.82, 2.24) is 9.36 Å². The molecule has 0 radical (unpaired) electrons. The van der Waals surface area contributed by atoms with Gasteiger partial charge < -0.3 is 5.73 Å². The zero-order valence-corrected chi connectivity index (χ0v) is 13.3. The Bertz CT molecular complexity index is 475. The standard InChI is InChI=1S/C15H29N3O/c1-7-9-17-13(15(4,5)6)12(16)14(19)18(17)10-8-11(2)3/h11H,7-10,16H2,1-6H3.